The summed E-state index contributed by atoms with van der Waals surface area (Å²) in [6, 6.07) is 11.2. The number of phenolic OH excluding ortho intramolecular Hbond substituents is 1. The normalized spacial score (nSPS) is 14.5. The Morgan fingerprint density at radius 1 is 0.840 bits per heavy atom. The molecule has 1 fully saturated rings. The molecule has 1 N–H and O–H groups in total. The number of aromatic hydroxyl groups is 1. The fraction of sp³-hybridized carbons (Fsp3) is 0.222. The van der Waals surface area contributed by atoms with Crippen LogP contribution >= 0.6 is 23.2 Å². The summed E-state index contributed by atoms with van der Waals surface area (Å²) in [5.74, 6) is -0.422. The zero-order valence-corrected chi connectivity index (χ0v) is 14.8. The van der Waals surface area contributed by atoms with E-state index in [4.69, 9.17) is 23.2 Å². The summed E-state index contributed by atoms with van der Waals surface area (Å²) in [7, 11) is 0. The first-order valence-electron chi connectivity index (χ1n) is 7.79. The Morgan fingerprint density at radius 2 is 1.44 bits per heavy atom. The van der Waals surface area contributed by atoms with Gasteiger partial charge in [0.05, 0.1) is 15.6 Å². The minimum absolute atomic E-state index is 0.0400. The van der Waals surface area contributed by atoms with Crippen molar-refractivity contribution in [1.82, 2.24) is 9.80 Å². The van der Waals surface area contributed by atoms with Crippen LogP contribution in [0.1, 0.15) is 20.7 Å². The number of carbonyl (C=O) groups excluding carboxylic acids is 2. The topological polar surface area (TPSA) is 60.9 Å². The zero-order valence-electron chi connectivity index (χ0n) is 13.3. The molecule has 1 heterocycles. The number of benzene rings is 2. The second-order valence-corrected chi connectivity index (χ2v) is 6.54. The van der Waals surface area contributed by atoms with E-state index in [0.717, 1.165) is 0 Å². The van der Waals surface area contributed by atoms with Crippen LogP contribution < -0.4 is 0 Å². The van der Waals surface area contributed by atoms with Gasteiger partial charge in [-0.25, -0.2) is 0 Å². The molecule has 0 aromatic heterocycles. The number of piperazine rings is 1. The number of nitrogens with zero attached hydrogens (tertiary/aromatic N) is 2. The van der Waals surface area contributed by atoms with E-state index in [1.807, 2.05) is 0 Å². The minimum atomic E-state index is -0.236. The van der Waals surface area contributed by atoms with Crippen LogP contribution in [0.15, 0.2) is 42.5 Å². The van der Waals surface area contributed by atoms with Gasteiger partial charge in [-0.15, -0.1) is 0 Å². The maximum absolute atomic E-state index is 12.5. The van der Waals surface area contributed by atoms with Gasteiger partial charge < -0.3 is 14.9 Å². The molecule has 25 heavy (non-hydrogen) atoms. The number of phenols is 1. The monoisotopic (exact) mass is 378 g/mol. The zero-order chi connectivity index (χ0) is 18.0. The molecule has 0 aliphatic carbocycles. The highest BCUT2D eigenvalue weighted by molar-refractivity contribution is 6.42. The molecule has 2 amide bonds. The van der Waals surface area contributed by atoms with Gasteiger partial charge in [-0.1, -0.05) is 35.3 Å². The minimum Gasteiger partial charge on any atom is -0.507 e. The van der Waals surface area contributed by atoms with Crippen LogP contribution in [0.4, 0.5) is 0 Å². The lowest BCUT2D eigenvalue weighted by Gasteiger charge is -2.35. The van der Waals surface area contributed by atoms with Crippen LogP contribution in [0, 0.1) is 0 Å². The van der Waals surface area contributed by atoms with Gasteiger partial charge in [-0.3, -0.25) is 9.59 Å². The van der Waals surface area contributed by atoms with E-state index in [0.29, 0.717) is 41.8 Å². The second kappa shape index (κ2) is 7.33. The molecule has 0 unspecified atom stereocenters. The van der Waals surface area contributed by atoms with Crippen molar-refractivity contribution in [3.63, 3.8) is 0 Å². The van der Waals surface area contributed by atoms with Gasteiger partial charge >= 0.3 is 0 Å². The van der Waals surface area contributed by atoms with Gasteiger partial charge in [0.1, 0.15) is 5.75 Å². The lowest BCUT2D eigenvalue weighted by Crippen LogP contribution is -2.50. The summed E-state index contributed by atoms with van der Waals surface area (Å²) in [5.41, 5.74) is 0.738. The first-order chi connectivity index (χ1) is 12.0. The van der Waals surface area contributed by atoms with Crippen molar-refractivity contribution in [3.05, 3.63) is 63.6 Å². The van der Waals surface area contributed by atoms with E-state index >= 15 is 0 Å². The third kappa shape index (κ3) is 3.72. The van der Waals surface area contributed by atoms with Gasteiger partial charge in [-0.2, -0.15) is 0 Å². The summed E-state index contributed by atoms with van der Waals surface area (Å²) in [6.07, 6.45) is 0. The largest absolute Gasteiger partial charge is 0.507 e. The van der Waals surface area contributed by atoms with Gasteiger partial charge in [0.25, 0.3) is 11.8 Å². The molecule has 130 valence electrons. The van der Waals surface area contributed by atoms with Gasteiger partial charge in [0, 0.05) is 31.7 Å². The van der Waals surface area contributed by atoms with Crippen molar-refractivity contribution in [1.29, 1.82) is 0 Å². The highest BCUT2D eigenvalue weighted by Crippen LogP contribution is 2.24. The SMILES string of the molecule is O=C(c1ccc(Cl)c(Cl)c1)N1CCN(C(=O)c2ccccc2O)CC1. The molecular formula is C18H16Cl2N2O3. The van der Waals surface area contributed by atoms with Crippen molar-refractivity contribution in [2.45, 2.75) is 0 Å². The molecular weight excluding hydrogens is 363 g/mol. The Hall–Kier alpha value is -2.24. The fourth-order valence-electron chi connectivity index (χ4n) is 2.75. The quantitative estimate of drug-likeness (QED) is 0.871. The number of halogens is 2. The standard InChI is InChI=1S/C18H16Cl2N2O3/c19-14-6-5-12(11-15(14)20)17(24)21-7-9-22(10-8-21)18(25)13-3-1-2-4-16(13)23/h1-6,11,23H,7-10H2. The first kappa shape index (κ1) is 17.6. The number of amides is 2. The molecule has 0 radical (unpaired) electrons. The number of carbonyl (C=O) groups is 2. The predicted molar refractivity (Wildman–Crippen MR) is 96.4 cm³/mol. The average Bonchev–Trinajstić information content (AvgIpc) is 2.63. The summed E-state index contributed by atoms with van der Waals surface area (Å²) < 4.78 is 0. The molecule has 0 saturated carbocycles. The summed E-state index contributed by atoms with van der Waals surface area (Å²) >= 11 is 11.8. The number of hydrogen-bond acceptors (Lipinski definition) is 3. The van der Waals surface area contributed by atoms with E-state index < -0.39 is 0 Å². The molecule has 0 spiro atoms. The Kier molecular flexibility index (Phi) is 5.16. The van der Waals surface area contributed by atoms with E-state index in [1.165, 1.54) is 6.07 Å². The molecule has 1 aliphatic heterocycles. The molecule has 2 aromatic carbocycles. The van der Waals surface area contributed by atoms with Crippen LogP contribution in [0.25, 0.3) is 0 Å². The maximum atomic E-state index is 12.5. The molecule has 1 saturated heterocycles. The molecule has 5 nitrogen and oxygen atoms in total. The van der Waals surface area contributed by atoms with Crippen LogP contribution in [0.5, 0.6) is 5.75 Å². The molecule has 2 aromatic rings. The second-order valence-electron chi connectivity index (χ2n) is 5.73. The molecule has 0 atom stereocenters. The molecule has 7 heteroatoms. The van der Waals surface area contributed by atoms with Crippen molar-refractivity contribution >= 4 is 35.0 Å². The van der Waals surface area contributed by atoms with E-state index in [9.17, 15) is 14.7 Å². The maximum Gasteiger partial charge on any atom is 0.257 e. The third-order valence-electron chi connectivity index (χ3n) is 4.16. The highest BCUT2D eigenvalue weighted by Gasteiger charge is 2.26. The van der Waals surface area contributed by atoms with Crippen molar-refractivity contribution in [3.8, 4) is 5.75 Å². The average molecular weight is 379 g/mol. The third-order valence-corrected chi connectivity index (χ3v) is 4.89. The highest BCUT2D eigenvalue weighted by atomic mass is 35.5. The van der Waals surface area contributed by atoms with Crippen LogP contribution in [-0.4, -0.2) is 52.9 Å². The summed E-state index contributed by atoms with van der Waals surface area (Å²) in [5, 5.41) is 10.5. The summed E-state index contributed by atoms with van der Waals surface area (Å²) in [4.78, 5) is 28.3. The van der Waals surface area contributed by atoms with E-state index in [2.05, 4.69) is 0 Å². The summed E-state index contributed by atoms with van der Waals surface area (Å²) in [6.45, 7) is 1.64. The molecule has 1 aliphatic rings. The molecule has 0 bridgehead atoms. The lowest BCUT2D eigenvalue weighted by molar-refractivity contribution is 0.0533. The van der Waals surface area contributed by atoms with E-state index in [-0.39, 0.29) is 23.1 Å². The fourth-order valence-corrected chi connectivity index (χ4v) is 3.05. The number of hydrogen-bond donors (Lipinski definition) is 1. The van der Waals surface area contributed by atoms with E-state index in [1.54, 1.807) is 46.2 Å². The van der Waals surface area contributed by atoms with Gasteiger partial charge in [-0.05, 0) is 30.3 Å². The first-order valence-corrected chi connectivity index (χ1v) is 8.54. The molecule has 3 rings (SSSR count). The lowest BCUT2D eigenvalue weighted by atomic mass is 10.1. The van der Waals surface area contributed by atoms with Gasteiger partial charge in [0.2, 0.25) is 0 Å². The Balaban J connectivity index is 1.65. The van der Waals surface area contributed by atoms with Crippen LogP contribution in [0.3, 0.4) is 0 Å². The van der Waals surface area contributed by atoms with Crippen molar-refractivity contribution < 1.29 is 14.7 Å². The van der Waals surface area contributed by atoms with Crippen LogP contribution in [-0.2, 0) is 0 Å². The number of para-hydroxylation sites is 1. The number of rotatable bonds is 2. The van der Waals surface area contributed by atoms with Crippen molar-refractivity contribution in [2.75, 3.05) is 26.2 Å². The van der Waals surface area contributed by atoms with Crippen LogP contribution in [0.2, 0.25) is 10.0 Å². The Morgan fingerprint density at radius 3 is 2.04 bits per heavy atom. The van der Waals surface area contributed by atoms with Gasteiger partial charge in [0.15, 0.2) is 0 Å². The Bertz CT molecular complexity index is 818. The Labute approximate surface area is 155 Å². The smallest absolute Gasteiger partial charge is 0.257 e. The predicted octanol–water partition coefficient (Wildman–Crippen LogP) is 3.30. The van der Waals surface area contributed by atoms with Crippen molar-refractivity contribution in [2.24, 2.45) is 0 Å².